The van der Waals surface area contributed by atoms with Gasteiger partial charge in [0, 0.05) is 6.08 Å². The number of ether oxygens (including phenoxy) is 1. The fourth-order valence-electron chi connectivity index (χ4n) is 1.54. The summed E-state index contributed by atoms with van der Waals surface area (Å²) in [6.45, 7) is 3.58. The van der Waals surface area contributed by atoms with Gasteiger partial charge < -0.3 is 4.74 Å². The summed E-state index contributed by atoms with van der Waals surface area (Å²) in [7, 11) is 0. The molecule has 0 saturated carbocycles. The van der Waals surface area contributed by atoms with Crippen molar-refractivity contribution in [1.82, 2.24) is 4.98 Å². The molecule has 2 rings (SSSR count). The standard InChI is InChI=1S/C17H14FN3O/c1-2-3-9-16(22-14-7-5-4-6-8-14)21-17(19)15-11-10-13(18)12-20-15/h2-12,19H,1H2/b9-3+,19-17?,21-16+. The number of benzene rings is 1. The Morgan fingerprint density at radius 3 is 2.64 bits per heavy atom. The minimum absolute atomic E-state index is 0.125. The molecule has 0 bridgehead atoms. The van der Waals surface area contributed by atoms with Crippen molar-refractivity contribution in [3.05, 3.63) is 85.0 Å². The average molecular weight is 295 g/mol. The molecule has 0 aliphatic rings. The second-order valence-electron chi connectivity index (χ2n) is 4.17. The van der Waals surface area contributed by atoms with Gasteiger partial charge in [-0.15, -0.1) is 0 Å². The Morgan fingerprint density at radius 1 is 1.23 bits per heavy atom. The summed E-state index contributed by atoms with van der Waals surface area (Å²) in [5.41, 5.74) is 0.252. The molecule has 0 aliphatic heterocycles. The van der Waals surface area contributed by atoms with E-state index in [4.69, 9.17) is 10.1 Å². The van der Waals surface area contributed by atoms with Crippen molar-refractivity contribution in [2.24, 2.45) is 4.99 Å². The van der Waals surface area contributed by atoms with Crippen molar-refractivity contribution in [2.75, 3.05) is 0 Å². The van der Waals surface area contributed by atoms with Crippen LogP contribution in [-0.4, -0.2) is 16.7 Å². The topological polar surface area (TPSA) is 58.3 Å². The normalized spacial score (nSPS) is 11.4. The van der Waals surface area contributed by atoms with E-state index in [0.717, 1.165) is 6.20 Å². The van der Waals surface area contributed by atoms with Gasteiger partial charge >= 0.3 is 0 Å². The second-order valence-corrected chi connectivity index (χ2v) is 4.17. The summed E-state index contributed by atoms with van der Waals surface area (Å²) in [6, 6.07) is 11.7. The van der Waals surface area contributed by atoms with Crippen LogP contribution in [-0.2, 0) is 0 Å². The molecule has 0 atom stereocenters. The van der Waals surface area contributed by atoms with Crippen LogP contribution in [0.4, 0.5) is 4.39 Å². The molecule has 5 heteroatoms. The van der Waals surface area contributed by atoms with Crippen LogP contribution < -0.4 is 4.74 Å². The van der Waals surface area contributed by atoms with E-state index in [0.29, 0.717) is 5.75 Å². The number of pyridine rings is 1. The number of hydrogen-bond donors (Lipinski definition) is 1. The molecule has 1 N–H and O–H groups in total. The smallest absolute Gasteiger partial charge is 0.221 e. The van der Waals surface area contributed by atoms with E-state index < -0.39 is 5.82 Å². The first kappa shape index (κ1) is 15.3. The van der Waals surface area contributed by atoms with E-state index in [9.17, 15) is 4.39 Å². The summed E-state index contributed by atoms with van der Waals surface area (Å²) >= 11 is 0. The average Bonchev–Trinajstić information content (AvgIpc) is 2.54. The van der Waals surface area contributed by atoms with Crippen LogP contribution in [0.2, 0.25) is 0 Å². The number of hydrogen-bond acceptors (Lipinski definition) is 3. The zero-order chi connectivity index (χ0) is 15.8. The maximum atomic E-state index is 12.9. The molecule has 22 heavy (non-hydrogen) atoms. The molecule has 2 aromatic rings. The van der Waals surface area contributed by atoms with E-state index in [-0.39, 0.29) is 17.4 Å². The predicted octanol–water partition coefficient (Wildman–Crippen LogP) is 3.77. The maximum absolute atomic E-state index is 12.9. The minimum Gasteiger partial charge on any atom is -0.439 e. The van der Waals surface area contributed by atoms with Crippen molar-refractivity contribution in [2.45, 2.75) is 0 Å². The fourth-order valence-corrected chi connectivity index (χ4v) is 1.54. The lowest BCUT2D eigenvalue weighted by Gasteiger charge is -2.05. The molecule has 0 aliphatic carbocycles. The SMILES string of the molecule is C=C/C=C/C(=N\C(=N)c1ccc(F)cn1)Oc1ccccc1. The summed E-state index contributed by atoms with van der Waals surface area (Å²) in [5.74, 6) is 0.213. The van der Waals surface area contributed by atoms with Gasteiger partial charge in [0.2, 0.25) is 5.90 Å². The highest BCUT2D eigenvalue weighted by molar-refractivity contribution is 6.05. The third-order valence-electron chi connectivity index (χ3n) is 2.53. The Kier molecular flexibility index (Phi) is 5.31. The van der Waals surface area contributed by atoms with Crippen LogP contribution in [0.1, 0.15) is 5.69 Å². The van der Waals surface area contributed by atoms with Crippen LogP contribution in [0, 0.1) is 11.2 Å². The predicted molar refractivity (Wildman–Crippen MR) is 84.9 cm³/mol. The number of nitrogens with zero attached hydrogens (tertiary/aromatic N) is 2. The van der Waals surface area contributed by atoms with E-state index in [1.165, 1.54) is 12.1 Å². The molecule has 4 nitrogen and oxygen atoms in total. The monoisotopic (exact) mass is 295 g/mol. The first-order chi connectivity index (χ1) is 10.7. The molecular formula is C17H14FN3O. The first-order valence-electron chi connectivity index (χ1n) is 6.50. The zero-order valence-electron chi connectivity index (χ0n) is 11.7. The largest absolute Gasteiger partial charge is 0.439 e. The molecule has 0 radical (unpaired) electrons. The van der Waals surface area contributed by atoms with Gasteiger partial charge in [0.05, 0.1) is 6.20 Å². The molecular weight excluding hydrogens is 281 g/mol. The van der Waals surface area contributed by atoms with Crippen LogP contribution in [0.15, 0.2) is 78.5 Å². The summed E-state index contributed by atoms with van der Waals surface area (Å²) in [4.78, 5) is 7.88. The van der Waals surface area contributed by atoms with Gasteiger partial charge in [0.25, 0.3) is 0 Å². The number of amidine groups is 1. The lowest BCUT2D eigenvalue weighted by molar-refractivity contribution is 0.556. The Morgan fingerprint density at radius 2 is 2.00 bits per heavy atom. The van der Waals surface area contributed by atoms with Crippen molar-refractivity contribution in [3.63, 3.8) is 0 Å². The van der Waals surface area contributed by atoms with Gasteiger partial charge in [0.15, 0.2) is 5.84 Å². The number of aromatic nitrogens is 1. The Labute approximate surface area is 127 Å². The molecule has 1 aromatic heterocycles. The first-order valence-corrected chi connectivity index (χ1v) is 6.50. The third-order valence-corrected chi connectivity index (χ3v) is 2.53. The molecule has 0 fully saturated rings. The highest BCUT2D eigenvalue weighted by atomic mass is 19.1. The minimum atomic E-state index is -0.465. The Hall–Kier alpha value is -3.08. The molecule has 0 unspecified atom stereocenters. The van der Waals surface area contributed by atoms with Gasteiger partial charge in [-0.25, -0.2) is 9.37 Å². The Bertz CT molecular complexity index is 706. The number of para-hydroxylation sites is 1. The quantitative estimate of drug-likeness (QED) is 0.530. The van der Waals surface area contributed by atoms with Crippen molar-refractivity contribution >= 4 is 11.7 Å². The molecule has 0 amide bonds. The van der Waals surface area contributed by atoms with Crippen molar-refractivity contribution in [1.29, 1.82) is 5.41 Å². The highest BCUT2D eigenvalue weighted by Crippen LogP contribution is 2.10. The summed E-state index contributed by atoms with van der Waals surface area (Å²) in [6.07, 6.45) is 5.84. The van der Waals surface area contributed by atoms with E-state index in [1.807, 2.05) is 18.2 Å². The van der Waals surface area contributed by atoms with Gasteiger partial charge in [-0.1, -0.05) is 36.9 Å². The summed E-state index contributed by atoms with van der Waals surface area (Å²) < 4.78 is 18.5. The third kappa shape index (κ3) is 4.49. The van der Waals surface area contributed by atoms with Gasteiger partial charge in [0.1, 0.15) is 17.3 Å². The van der Waals surface area contributed by atoms with E-state index >= 15 is 0 Å². The van der Waals surface area contributed by atoms with Crippen molar-refractivity contribution < 1.29 is 9.13 Å². The number of halogens is 1. The molecule has 0 saturated heterocycles. The lowest BCUT2D eigenvalue weighted by Crippen LogP contribution is -2.10. The second kappa shape index (κ2) is 7.64. The summed E-state index contributed by atoms with van der Waals surface area (Å²) in [5, 5.41) is 7.92. The number of aliphatic imine (C=N–C) groups is 1. The number of allylic oxidation sites excluding steroid dienone is 2. The van der Waals surface area contributed by atoms with Crippen LogP contribution >= 0.6 is 0 Å². The van der Waals surface area contributed by atoms with E-state index in [1.54, 1.807) is 30.4 Å². The van der Waals surface area contributed by atoms with Gasteiger partial charge in [-0.2, -0.15) is 4.99 Å². The fraction of sp³-hybridized carbons (Fsp3) is 0. The lowest BCUT2D eigenvalue weighted by atomic mass is 10.3. The van der Waals surface area contributed by atoms with E-state index in [2.05, 4.69) is 16.6 Å². The molecule has 110 valence electrons. The molecule has 1 aromatic carbocycles. The van der Waals surface area contributed by atoms with Crippen LogP contribution in [0.3, 0.4) is 0 Å². The molecule has 0 spiro atoms. The van der Waals surface area contributed by atoms with Crippen LogP contribution in [0.5, 0.6) is 5.75 Å². The Balaban J connectivity index is 2.23. The van der Waals surface area contributed by atoms with Crippen LogP contribution in [0.25, 0.3) is 0 Å². The number of nitrogens with one attached hydrogen (secondary N) is 1. The maximum Gasteiger partial charge on any atom is 0.221 e. The van der Waals surface area contributed by atoms with Crippen molar-refractivity contribution in [3.8, 4) is 5.75 Å². The number of rotatable bonds is 4. The van der Waals surface area contributed by atoms with Gasteiger partial charge in [-0.05, 0) is 24.3 Å². The van der Waals surface area contributed by atoms with Gasteiger partial charge in [-0.3, -0.25) is 5.41 Å². The highest BCUT2D eigenvalue weighted by Gasteiger charge is 2.05. The molecule has 1 heterocycles. The zero-order valence-corrected chi connectivity index (χ0v) is 11.7.